The predicted octanol–water partition coefficient (Wildman–Crippen LogP) is 3.13. The molecule has 1 saturated heterocycles. The third-order valence-electron chi connectivity index (χ3n) is 5.40. The molecule has 0 unspecified atom stereocenters. The lowest BCUT2D eigenvalue weighted by Crippen LogP contribution is -2.50. The Kier molecular flexibility index (Phi) is 5.19. The van der Waals surface area contributed by atoms with Gasteiger partial charge in [0, 0.05) is 37.1 Å². The molecule has 0 bridgehead atoms. The van der Waals surface area contributed by atoms with Gasteiger partial charge in [-0.3, -0.25) is 4.79 Å². The smallest absolute Gasteiger partial charge is 0.243 e. The molecular formula is C22H24N2O4S. The number of amides is 1. The van der Waals surface area contributed by atoms with Gasteiger partial charge in [0.05, 0.1) is 17.6 Å². The van der Waals surface area contributed by atoms with Gasteiger partial charge in [-0.05, 0) is 37.6 Å². The summed E-state index contributed by atoms with van der Waals surface area (Å²) < 4.78 is 32.7. The van der Waals surface area contributed by atoms with E-state index in [0.29, 0.717) is 31.1 Å². The third-order valence-corrected chi connectivity index (χ3v) is 7.32. The summed E-state index contributed by atoms with van der Waals surface area (Å²) in [5.74, 6) is -0.0133. The number of carbonyl (C=O) groups is 1. The van der Waals surface area contributed by atoms with Gasteiger partial charge in [0.25, 0.3) is 0 Å². The number of rotatable bonds is 4. The second kappa shape index (κ2) is 7.65. The van der Waals surface area contributed by atoms with Gasteiger partial charge in [0.15, 0.2) is 0 Å². The number of fused-ring (bicyclic) bond motifs is 1. The highest BCUT2D eigenvalue weighted by molar-refractivity contribution is 7.89. The molecule has 6 nitrogen and oxygen atoms in total. The first kappa shape index (κ1) is 19.7. The van der Waals surface area contributed by atoms with Crippen LogP contribution in [0.3, 0.4) is 0 Å². The number of nitrogens with zero attached hydrogens (tertiary/aromatic N) is 2. The zero-order chi connectivity index (χ0) is 20.6. The average molecular weight is 413 g/mol. The number of sulfonamides is 1. The molecule has 0 atom stereocenters. The largest absolute Gasteiger partial charge is 0.464 e. The standard InChI is InChI=1S/C22H24N2O4S/c1-16-3-6-19(7-4-16)29(26,27)24-11-9-23(10-12-24)22(25)14-18-15-28-21-13-17(2)5-8-20(18)21/h3-8,13,15H,9-12,14H2,1-2H3. The molecule has 1 aromatic heterocycles. The second-order valence-electron chi connectivity index (χ2n) is 7.54. The molecule has 1 fully saturated rings. The van der Waals surface area contributed by atoms with Crippen molar-refractivity contribution in [2.75, 3.05) is 26.2 Å². The van der Waals surface area contributed by atoms with Crippen molar-refractivity contribution in [3.05, 3.63) is 65.4 Å². The van der Waals surface area contributed by atoms with E-state index in [1.165, 1.54) is 4.31 Å². The molecule has 0 saturated carbocycles. The lowest BCUT2D eigenvalue weighted by Gasteiger charge is -2.34. The van der Waals surface area contributed by atoms with E-state index in [1.54, 1.807) is 35.4 Å². The van der Waals surface area contributed by atoms with Crippen LogP contribution in [-0.4, -0.2) is 49.7 Å². The van der Waals surface area contributed by atoms with Crippen molar-refractivity contribution in [3.63, 3.8) is 0 Å². The summed E-state index contributed by atoms with van der Waals surface area (Å²) >= 11 is 0. The first-order chi connectivity index (χ1) is 13.8. The number of hydrogen-bond acceptors (Lipinski definition) is 4. The van der Waals surface area contributed by atoms with Crippen molar-refractivity contribution in [3.8, 4) is 0 Å². The van der Waals surface area contributed by atoms with Crippen molar-refractivity contribution >= 4 is 26.9 Å². The van der Waals surface area contributed by atoms with E-state index in [4.69, 9.17) is 4.42 Å². The van der Waals surface area contributed by atoms with Crippen LogP contribution < -0.4 is 0 Å². The Morgan fingerprint density at radius 3 is 2.31 bits per heavy atom. The lowest BCUT2D eigenvalue weighted by atomic mass is 10.1. The first-order valence-corrected chi connectivity index (χ1v) is 11.1. The van der Waals surface area contributed by atoms with E-state index >= 15 is 0 Å². The summed E-state index contributed by atoms with van der Waals surface area (Å²) in [6, 6.07) is 12.8. The van der Waals surface area contributed by atoms with Crippen LogP contribution in [0.2, 0.25) is 0 Å². The van der Waals surface area contributed by atoms with E-state index < -0.39 is 10.0 Å². The van der Waals surface area contributed by atoms with Crippen molar-refractivity contribution < 1.29 is 17.6 Å². The van der Waals surface area contributed by atoms with E-state index in [1.807, 2.05) is 32.0 Å². The highest BCUT2D eigenvalue weighted by Gasteiger charge is 2.30. The summed E-state index contributed by atoms with van der Waals surface area (Å²) in [6.45, 7) is 5.29. The molecule has 1 aliphatic rings. The van der Waals surface area contributed by atoms with Crippen LogP contribution in [0.4, 0.5) is 0 Å². The van der Waals surface area contributed by atoms with Crippen molar-refractivity contribution in [2.24, 2.45) is 0 Å². The Labute approximate surface area is 170 Å². The number of furan rings is 1. The molecule has 29 heavy (non-hydrogen) atoms. The minimum absolute atomic E-state index is 0.0133. The zero-order valence-electron chi connectivity index (χ0n) is 16.6. The summed E-state index contributed by atoms with van der Waals surface area (Å²) in [5.41, 5.74) is 3.76. The fraction of sp³-hybridized carbons (Fsp3) is 0.318. The normalized spacial score (nSPS) is 15.7. The fourth-order valence-corrected chi connectivity index (χ4v) is 5.06. The molecule has 152 valence electrons. The monoisotopic (exact) mass is 412 g/mol. The summed E-state index contributed by atoms with van der Waals surface area (Å²) in [4.78, 5) is 14.8. The minimum Gasteiger partial charge on any atom is -0.464 e. The van der Waals surface area contributed by atoms with Crippen LogP contribution in [0.1, 0.15) is 16.7 Å². The third kappa shape index (κ3) is 3.93. The van der Waals surface area contributed by atoms with Crippen molar-refractivity contribution in [2.45, 2.75) is 25.2 Å². The van der Waals surface area contributed by atoms with Crippen LogP contribution >= 0.6 is 0 Å². The maximum Gasteiger partial charge on any atom is 0.243 e. The number of aryl methyl sites for hydroxylation is 2. The van der Waals surface area contributed by atoms with E-state index in [9.17, 15) is 13.2 Å². The Balaban J connectivity index is 1.41. The molecular weight excluding hydrogens is 388 g/mol. The maximum absolute atomic E-state index is 12.8. The van der Waals surface area contributed by atoms with Gasteiger partial charge in [0.2, 0.25) is 15.9 Å². The average Bonchev–Trinajstić information content (AvgIpc) is 3.10. The predicted molar refractivity (Wildman–Crippen MR) is 111 cm³/mol. The summed E-state index contributed by atoms with van der Waals surface area (Å²) in [7, 11) is -3.53. The van der Waals surface area contributed by atoms with E-state index in [2.05, 4.69) is 0 Å². The topological polar surface area (TPSA) is 70.8 Å². The molecule has 0 N–H and O–H groups in total. The van der Waals surface area contributed by atoms with Gasteiger partial charge in [-0.25, -0.2) is 8.42 Å². The molecule has 1 aliphatic heterocycles. The molecule has 2 heterocycles. The number of piperazine rings is 1. The summed E-state index contributed by atoms with van der Waals surface area (Å²) in [5, 5.41) is 0.949. The highest BCUT2D eigenvalue weighted by Crippen LogP contribution is 2.24. The Morgan fingerprint density at radius 2 is 1.62 bits per heavy atom. The second-order valence-corrected chi connectivity index (χ2v) is 9.47. The molecule has 3 aromatic rings. The van der Waals surface area contributed by atoms with Gasteiger partial charge in [0.1, 0.15) is 5.58 Å². The van der Waals surface area contributed by atoms with Crippen LogP contribution in [-0.2, 0) is 21.2 Å². The molecule has 0 spiro atoms. The Bertz CT molecular complexity index is 1140. The number of carbonyl (C=O) groups excluding carboxylic acids is 1. The molecule has 4 rings (SSSR count). The molecule has 0 radical (unpaired) electrons. The lowest BCUT2D eigenvalue weighted by molar-refractivity contribution is -0.131. The van der Waals surface area contributed by atoms with Gasteiger partial charge >= 0.3 is 0 Å². The van der Waals surface area contributed by atoms with Crippen LogP contribution in [0.25, 0.3) is 11.0 Å². The maximum atomic E-state index is 12.8. The Morgan fingerprint density at radius 1 is 0.966 bits per heavy atom. The molecule has 2 aromatic carbocycles. The SMILES string of the molecule is Cc1ccc(S(=O)(=O)N2CCN(C(=O)Cc3coc4cc(C)ccc34)CC2)cc1. The number of hydrogen-bond donors (Lipinski definition) is 0. The molecule has 7 heteroatoms. The van der Waals surface area contributed by atoms with E-state index in [0.717, 1.165) is 27.7 Å². The zero-order valence-corrected chi connectivity index (χ0v) is 17.4. The van der Waals surface area contributed by atoms with Gasteiger partial charge in [-0.1, -0.05) is 29.8 Å². The highest BCUT2D eigenvalue weighted by atomic mass is 32.2. The van der Waals surface area contributed by atoms with Crippen molar-refractivity contribution in [1.29, 1.82) is 0 Å². The van der Waals surface area contributed by atoms with Gasteiger partial charge in [-0.15, -0.1) is 0 Å². The van der Waals surface area contributed by atoms with Crippen LogP contribution in [0.5, 0.6) is 0 Å². The van der Waals surface area contributed by atoms with Gasteiger partial charge < -0.3 is 9.32 Å². The summed E-state index contributed by atoms with van der Waals surface area (Å²) in [6.07, 6.45) is 1.89. The fourth-order valence-electron chi connectivity index (χ4n) is 3.64. The Hall–Kier alpha value is -2.64. The molecule has 1 amide bonds. The van der Waals surface area contributed by atoms with Crippen molar-refractivity contribution in [1.82, 2.24) is 9.21 Å². The number of benzene rings is 2. The van der Waals surface area contributed by atoms with Gasteiger partial charge in [-0.2, -0.15) is 4.31 Å². The van der Waals surface area contributed by atoms with E-state index in [-0.39, 0.29) is 12.3 Å². The first-order valence-electron chi connectivity index (χ1n) is 9.66. The minimum atomic E-state index is -3.53. The quantitative estimate of drug-likeness (QED) is 0.660. The van der Waals surface area contributed by atoms with Crippen LogP contribution in [0, 0.1) is 13.8 Å². The van der Waals surface area contributed by atoms with Crippen LogP contribution in [0.15, 0.2) is 58.0 Å². The molecule has 0 aliphatic carbocycles.